The van der Waals surface area contributed by atoms with Crippen LogP contribution in [0, 0.1) is 24.0 Å². The molecule has 0 radical (unpaired) electrons. The van der Waals surface area contributed by atoms with E-state index in [-0.39, 0.29) is 34.4 Å². The van der Waals surface area contributed by atoms with Crippen molar-refractivity contribution in [2.24, 2.45) is 5.41 Å². The van der Waals surface area contributed by atoms with Crippen LogP contribution in [0.5, 0.6) is 0 Å². The molecule has 23 heavy (non-hydrogen) atoms. The minimum absolute atomic E-state index is 0.00280. The van der Waals surface area contributed by atoms with Gasteiger partial charge in [0.2, 0.25) is 0 Å². The van der Waals surface area contributed by atoms with Crippen LogP contribution in [0.1, 0.15) is 55.7 Å². The smallest absolute Gasteiger partial charge is 0.267 e. The third-order valence-corrected chi connectivity index (χ3v) is 4.74. The van der Waals surface area contributed by atoms with Gasteiger partial charge in [0.25, 0.3) is 5.91 Å². The molecule has 0 aromatic carbocycles. The Morgan fingerprint density at radius 1 is 1.30 bits per heavy atom. The monoisotopic (exact) mass is 321 g/mol. The van der Waals surface area contributed by atoms with Crippen molar-refractivity contribution in [3.05, 3.63) is 29.1 Å². The van der Waals surface area contributed by atoms with Crippen molar-refractivity contribution in [2.75, 3.05) is 0 Å². The summed E-state index contributed by atoms with van der Waals surface area (Å²) in [6.45, 7) is 5.85. The molecule has 3 rings (SSSR count). The summed E-state index contributed by atoms with van der Waals surface area (Å²) in [7, 11) is 0. The van der Waals surface area contributed by atoms with Crippen molar-refractivity contribution < 1.29 is 13.6 Å². The minimum Gasteiger partial charge on any atom is -0.348 e. The number of amides is 1. The highest BCUT2D eigenvalue weighted by Crippen LogP contribution is 2.35. The number of aryl methyl sites for hydroxylation is 1. The molecule has 0 atom stereocenters. The number of hydrogen-bond donors (Lipinski definition) is 2. The molecule has 0 unspecified atom stereocenters. The number of aromatic nitrogens is 2. The Hall–Kier alpha value is -1.98. The average molecular weight is 321 g/mol. The second kappa shape index (κ2) is 5.58. The van der Waals surface area contributed by atoms with E-state index in [2.05, 4.69) is 29.1 Å². The van der Waals surface area contributed by atoms with E-state index in [1.807, 2.05) is 0 Å². The van der Waals surface area contributed by atoms with Gasteiger partial charge in [-0.3, -0.25) is 4.79 Å². The zero-order chi connectivity index (χ0) is 16.8. The van der Waals surface area contributed by atoms with Gasteiger partial charge < -0.3 is 10.3 Å². The molecule has 1 aliphatic carbocycles. The van der Waals surface area contributed by atoms with E-state index >= 15 is 0 Å². The van der Waals surface area contributed by atoms with E-state index in [0.717, 1.165) is 25.7 Å². The van der Waals surface area contributed by atoms with Crippen molar-refractivity contribution in [1.29, 1.82) is 0 Å². The molecule has 124 valence electrons. The molecule has 0 bridgehead atoms. The quantitative estimate of drug-likeness (QED) is 0.883. The molecule has 1 saturated carbocycles. The molecular weight excluding hydrogens is 300 g/mol. The molecule has 1 fully saturated rings. The third-order valence-electron chi connectivity index (χ3n) is 4.74. The van der Waals surface area contributed by atoms with Gasteiger partial charge in [0.1, 0.15) is 11.3 Å². The lowest BCUT2D eigenvalue weighted by molar-refractivity contribution is 0.0905. The summed E-state index contributed by atoms with van der Waals surface area (Å²) in [6.07, 6.45) is 3.98. The molecule has 0 aliphatic heterocycles. The molecule has 2 N–H and O–H groups in total. The number of fused-ring (bicyclic) bond motifs is 1. The molecule has 4 nitrogen and oxygen atoms in total. The fourth-order valence-electron chi connectivity index (χ4n) is 3.12. The Balaban J connectivity index is 1.78. The number of nitrogens with zero attached hydrogens (tertiary/aromatic N) is 1. The van der Waals surface area contributed by atoms with Gasteiger partial charge >= 0.3 is 0 Å². The summed E-state index contributed by atoms with van der Waals surface area (Å²) < 4.78 is 27.5. The van der Waals surface area contributed by atoms with Gasteiger partial charge in [0.05, 0.1) is 11.1 Å². The fourth-order valence-corrected chi connectivity index (χ4v) is 3.12. The molecule has 2 aromatic heterocycles. The predicted molar refractivity (Wildman–Crippen MR) is 84.2 cm³/mol. The number of carbonyl (C=O) groups excluding carboxylic acids is 1. The average Bonchev–Trinajstić information content (AvgIpc) is 2.91. The number of hydrogen-bond acceptors (Lipinski definition) is 2. The van der Waals surface area contributed by atoms with Gasteiger partial charge in [-0.25, -0.2) is 13.8 Å². The lowest BCUT2D eigenvalue weighted by Gasteiger charge is -2.34. The van der Waals surface area contributed by atoms with Gasteiger partial charge in [0.15, 0.2) is 11.6 Å². The summed E-state index contributed by atoms with van der Waals surface area (Å²) in [4.78, 5) is 19.1. The molecule has 2 heterocycles. The van der Waals surface area contributed by atoms with E-state index < -0.39 is 11.6 Å². The SMILES string of the molecule is Cc1nc2[nH]c(C(=O)NC3CCC(C)(C)CC3)cc2c(F)c1F. The molecule has 6 heteroatoms. The van der Waals surface area contributed by atoms with Crippen molar-refractivity contribution in [3.63, 3.8) is 0 Å². The maximum atomic E-state index is 13.9. The Morgan fingerprint density at radius 2 is 1.96 bits per heavy atom. The van der Waals surface area contributed by atoms with Gasteiger partial charge in [-0.2, -0.15) is 0 Å². The van der Waals surface area contributed by atoms with Crippen LogP contribution in [-0.2, 0) is 0 Å². The van der Waals surface area contributed by atoms with Crippen LogP contribution in [0.3, 0.4) is 0 Å². The first-order valence-corrected chi connectivity index (χ1v) is 7.92. The lowest BCUT2D eigenvalue weighted by atomic mass is 9.75. The van der Waals surface area contributed by atoms with Gasteiger partial charge in [-0.1, -0.05) is 13.8 Å². The van der Waals surface area contributed by atoms with Crippen LogP contribution in [0.2, 0.25) is 0 Å². The maximum Gasteiger partial charge on any atom is 0.267 e. The molecule has 2 aromatic rings. The van der Waals surface area contributed by atoms with Gasteiger partial charge in [-0.15, -0.1) is 0 Å². The number of carbonyl (C=O) groups is 1. The van der Waals surface area contributed by atoms with Crippen LogP contribution in [-0.4, -0.2) is 21.9 Å². The fraction of sp³-hybridized carbons (Fsp3) is 0.529. The van der Waals surface area contributed by atoms with Crippen LogP contribution in [0.15, 0.2) is 6.07 Å². The summed E-state index contributed by atoms with van der Waals surface area (Å²) in [6, 6.07) is 1.45. The Kier molecular flexibility index (Phi) is 3.86. The number of halogens is 2. The topological polar surface area (TPSA) is 57.8 Å². The molecule has 0 saturated heterocycles. The molecule has 1 aliphatic rings. The lowest BCUT2D eigenvalue weighted by Crippen LogP contribution is -2.39. The minimum atomic E-state index is -0.974. The summed E-state index contributed by atoms with van der Waals surface area (Å²) in [5, 5.41) is 2.97. The molecule has 1 amide bonds. The van der Waals surface area contributed by atoms with Crippen molar-refractivity contribution in [2.45, 2.75) is 52.5 Å². The predicted octanol–water partition coefficient (Wildman–Crippen LogP) is 3.85. The number of H-pyrrole nitrogens is 1. The largest absolute Gasteiger partial charge is 0.348 e. The normalized spacial score (nSPS) is 18.3. The zero-order valence-corrected chi connectivity index (χ0v) is 13.6. The van der Waals surface area contributed by atoms with Crippen LogP contribution in [0.4, 0.5) is 8.78 Å². The first kappa shape index (κ1) is 15.9. The molecular formula is C17H21F2N3O. The van der Waals surface area contributed by atoms with Crippen molar-refractivity contribution in [3.8, 4) is 0 Å². The number of pyridine rings is 1. The zero-order valence-electron chi connectivity index (χ0n) is 13.6. The number of rotatable bonds is 2. The highest BCUT2D eigenvalue weighted by atomic mass is 19.2. The Labute approximate surface area is 133 Å². The second-order valence-electron chi connectivity index (χ2n) is 7.18. The highest BCUT2D eigenvalue weighted by molar-refractivity contribution is 5.97. The highest BCUT2D eigenvalue weighted by Gasteiger charge is 2.28. The van der Waals surface area contributed by atoms with Crippen LogP contribution >= 0.6 is 0 Å². The second-order valence-corrected chi connectivity index (χ2v) is 7.18. The van der Waals surface area contributed by atoms with Gasteiger partial charge in [0, 0.05) is 6.04 Å². The summed E-state index contributed by atoms with van der Waals surface area (Å²) in [5.74, 6) is -2.25. The number of aromatic amines is 1. The van der Waals surface area contributed by atoms with E-state index in [4.69, 9.17) is 0 Å². The van der Waals surface area contributed by atoms with E-state index in [9.17, 15) is 13.6 Å². The van der Waals surface area contributed by atoms with Gasteiger partial charge in [-0.05, 0) is 44.1 Å². The Bertz CT molecular complexity index is 757. The third kappa shape index (κ3) is 3.07. The summed E-state index contributed by atoms with van der Waals surface area (Å²) in [5.41, 5.74) is 0.695. The Morgan fingerprint density at radius 3 is 2.61 bits per heavy atom. The first-order valence-electron chi connectivity index (χ1n) is 7.92. The van der Waals surface area contributed by atoms with Crippen molar-refractivity contribution in [1.82, 2.24) is 15.3 Å². The molecule has 0 spiro atoms. The van der Waals surface area contributed by atoms with Crippen LogP contribution < -0.4 is 5.32 Å². The van der Waals surface area contributed by atoms with Crippen molar-refractivity contribution >= 4 is 16.9 Å². The number of nitrogens with one attached hydrogen (secondary N) is 2. The first-order chi connectivity index (χ1) is 10.8. The standard InChI is InChI=1S/C17H21F2N3O/c1-9-13(18)14(19)11-8-12(22-15(11)20-9)16(23)21-10-4-6-17(2,3)7-5-10/h8,10H,4-7H2,1-3H3,(H,20,22)(H,21,23). The van der Waals surface area contributed by atoms with E-state index in [1.165, 1.54) is 13.0 Å². The van der Waals surface area contributed by atoms with E-state index in [0.29, 0.717) is 5.41 Å². The van der Waals surface area contributed by atoms with Crippen LogP contribution in [0.25, 0.3) is 11.0 Å². The van der Waals surface area contributed by atoms with E-state index in [1.54, 1.807) is 0 Å². The summed E-state index contributed by atoms with van der Waals surface area (Å²) >= 11 is 0. The maximum absolute atomic E-state index is 13.9.